The lowest BCUT2D eigenvalue weighted by Crippen LogP contribution is -2.48. The zero-order valence-corrected chi connectivity index (χ0v) is 15.7. The van der Waals surface area contributed by atoms with Crippen molar-refractivity contribution in [2.45, 2.75) is 43.6 Å². The lowest BCUT2D eigenvalue weighted by Gasteiger charge is -2.32. The van der Waals surface area contributed by atoms with E-state index in [1.165, 1.54) is 0 Å². The first-order chi connectivity index (χ1) is 13.7. The number of benzene rings is 1. The highest BCUT2D eigenvalue weighted by molar-refractivity contribution is 5.85. The molecular formula is C22H23N3O3. The number of aryl methyl sites for hydroxylation is 1. The van der Waals surface area contributed by atoms with Gasteiger partial charge in [-0.15, -0.1) is 0 Å². The third kappa shape index (κ3) is 2.71. The average molecular weight is 377 g/mol. The number of amides is 2. The standard InChI is InChI=1S/C22H23N3O3/c26-20(7-6-16-8-11-23-12-9-16)24-13-10-22-19(24)14-21(27)25(22)15-18(28-22)17-4-2-1-3-5-17/h1-5,8-9,11-12,18-19H,6-7,10,13-15H2/t18-,19+,22-/m0/s1. The van der Waals surface area contributed by atoms with E-state index in [1.807, 2.05) is 52.3 Å². The molecule has 3 atom stereocenters. The topological polar surface area (TPSA) is 62.7 Å². The second-order valence-corrected chi connectivity index (χ2v) is 7.78. The van der Waals surface area contributed by atoms with Crippen LogP contribution < -0.4 is 0 Å². The van der Waals surface area contributed by atoms with Crippen molar-refractivity contribution in [2.24, 2.45) is 0 Å². The Bertz CT molecular complexity index is 888. The van der Waals surface area contributed by atoms with Crippen LogP contribution in [0.3, 0.4) is 0 Å². The molecule has 6 nitrogen and oxygen atoms in total. The summed E-state index contributed by atoms with van der Waals surface area (Å²) in [6.07, 6.45) is 5.54. The summed E-state index contributed by atoms with van der Waals surface area (Å²) in [5.74, 6) is 0.190. The third-order valence-corrected chi connectivity index (χ3v) is 6.30. The van der Waals surface area contributed by atoms with Gasteiger partial charge in [0, 0.05) is 31.8 Å². The Morgan fingerprint density at radius 1 is 1.18 bits per heavy atom. The van der Waals surface area contributed by atoms with Gasteiger partial charge in [-0.25, -0.2) is 0 Å². The monoisotopic (exact) mass is 377 g/mol. The van der Waals surface area contributed by atoms with E-state index in [9.17, 15) is 9.59 Å². The molecular weight excluding hydrogens is 354 g/mol. The number of carbonyl (C=O) groups excluding carboxylic acids is 2. The van der Waals surface area contributed by atoms with Gasteiger partial charge in [0.15, 0.2) is 5.72 Å². The predicted octanol–water partition coefficient (Wildman–Crippen LogP) is 2.32. The van der Waals surface area contributed by atoms with Gasteiger partial charge in [0.2, 0.25) is 11.8 Å². The van der Waals surface area contributed by atoms with Gasteiger partial charge in [-0.1, -0.05) is 30.3 Å². The van der Waals surface area contributed by atoms with E-state index < -0.39 is 5.72 Å². The number of nitrogens with zero attached hydrogens (tertiary/aromatic N) is 3. The lowest BCUT2D eigenvalue weighted by molar-refractivity contribution is -0.142. The van der Waals surface area contributed by atoms with E-state index in [2.05, 4.69) is 4.98 Å². The maximum atomic E-state index is 12.9. The molecule has 3 fully saturated rings. The molecule has 0 N–H and O–H groups in total. The average Bonchev–Trinajstić information content (AvgIpc) is 3.36. The zero-order chi connectivity index (χ0) is 19.1. The van der Waals surface area contributed by atoms with Crippen LogP contribution in [0.1, 0.15) is 36.5 Å². The first-order valence-corrected chi connectivity index (χ1v) is 9.89. The van der Waals surface area contributed by atoms with Crippen LogP contribution in [0.2, 0.25) is 0 Å². The molecule has 1 aromatic heterocycles. The first kappa shape index (κ1) is 17.4. The van der Waals surface area contributed by atoms with E-state index >= 15 is 0 Å². The van der Waals surface area contributed by atoms with Gasteiger partial charge in [-0.2, -0.15) is 0 Å². The Morgan fingerprint density at radius 2 is 1.96 bits per heavy atom. The van der Waals surface area contributed by atoms with Gasteiger partial charge >= 0.3 is 0 Å². The molecule has 0 radical (unpaired) electrons. The van der Waals surface area contributed by atoms with Crippen molar-refractivity contribution >= 4 is 11.8 Å². The van der Waals surface area contributed by atoms with Crippen molar-refractivity contribution in [3.63, 3.8) is 0 Å². The normalized spacial score (nSPS) is 28.5. The van der Waals surface area contributed by atoms with Crippen molar-refractivity contribution in [2.75, 3.05) is 13.1 Å². The maximum absolute atomic E-state index is 12.9. The van der Waals surface area contributed by atoms with E-state index in [1.54, 1.807) is 12.4 Å². The van der Waals surface area contributed by atoms with Crippen LogP contribution in [-0.4, -0.2) is 51.5 Å². The van der Waals surface area contributed by atoms with E-state index in [-0.39, 0.29) is 24.0 Å². The highest BCUT2D eigenvalue weighted by Gasteiger charge is 2.64. The summed E-state index contributed by atoms with van der Waals surface area (Å²) in [6.45, 7) is 1.21. The molecule has 2 aromatic rings. The van der Waals surface area contributed by atoms with Crippen LogP contribution in [0, 0.1) is 0 Å². The van der Waals surface area contributed by atoms with E-state index in [0.717, 1.165) is 11.1 Å². The summed E-state index contributed by atoms with van der Waals surface area (Å²) in [6, 6.07) is 13.7. The molecule has 6 heteroatoms. The van der Waals surface area contributed by atoms with E-state index in [0.29, 0.717) is 38.8 Å². The summed E-state index contributed by atoms with van der Waals surface area (Å²) in [7, 11) is 0. The summed E-state index contributed by atoms with van der Waals surface area (Å²) >= 11 is 0. The number of carbonyl (C=O) groups is 2. The quantitative estimate of drug-likeness (QED) is 0.820. The molecule has 0 bridgehead atoms. The molecule has 144 valence electrons. The fourth-order valence-electron chi connectivity index (χ4n) is 4.91. The molecule has 0 unspecified atom stereocenters. The van der Waals surface area contributed by atoms with Gasteiger partial charge in [-0.05, 0) is 29.7 Å². The molecule has 0 aliphatic carbocycles. The van der Waals surface area contributed by atoms with Crippen molar-refractivity contribution in [1.82, 2.24) is 14.8 Å². The van der Waals surface area contributed by atoms with Gasteiger partial charge in [-0.3, -0.25) is 14.6 Å². The molecule has 1 spiro atoms. The summed E-state index contributed by atoms with van der Waals surface area (Å²) < 4.78 is 6.50. The molecule has 2 amide bonds. The summed E-state index contributed by atoms with van der Waals surface area (Å²) in [4.78, 5) is 33.4. The number of likely N-dealkylation sites (tertiary alicyclic amines) is 1. The summed E-state index contributed by atoms with van der Waals surface area (Å²) in [5.41, 5.74) is 1.53. The van der Waals surface area contributed by atoms with E-state index in [4.69, 9.17) is 4.74 Å². The minimum absolute atomic E-state index is 0.0927. The largest absolute Gasteiger partial charge is 0.343 e. The first-order valence-electron chi connectivity index (χ1n) is 9.89. The van der Waals surface area contributed by atoms with Crippen LogP contribution in [0.5, 0.6) is 0 Å². The number of rotatable bonds is 4. The smallest absolute Gasteiger partial charge is 0.227 e. The fraction of sp³-hybridized carbons (Fsp3) is 0.409. The highest BCUT2D eigenvalue weighted by atomic mass is 16.5. The Labute approximate surface area is 164 Å². The molecule has 3 saturated heterocycles. The molecule has 4 heterocycles. The third-order valence-electron chi connectivity index (χ3n) is 6.30. The SMILES string of the molecule is O=C(CCc1ccncc1)N1CC[C@@]23O[C@H](c4ccccc4)CN2C(=O)C[C@@H]13. The number of pyridine rings is 1. The molecule has 5 rings (SSSR count). The maximum Gasteiger partial charge on any atom is 0.227 e. The van der Waals surface area contributed by atoms with Crippen molar-refractivity contribution in [3.05, 3.63) is 66.0 Å². The van der Waals surface area contributed by atoms with Crippen molar-refractivity contribution in [1.29, 1.82) is 0 Å². The Morgan fingerprint density at radius 3 is 2.75 bits per heavy atom. The van der Waals surface area contributed by atoms with Crippen LogP contribution in [-0.2, 0) is 20.7 Å². The van der Waals surface area contributed by atoms with Crippen LogP contribution in [0.4, 0.5) is 0 Å². The highest BCUT2D eigenvalue weighted by Crippen LogP contribution is 2.50. The Kier molecular flexibility index (Phi) is 4.16. The van der Waals surface area contributed by atoms with Gasteiger partial charge < -0.3 is 14.5 Å². The minimum Gasteiger partial charge on any atom is -0.343 e. The van der Waals surface area contributed by atoms with Crippen LogP contribution in [0.15, 0.2) is 54.9 Å². The van der Waals surface area contributed by atoms with Gasteiger partial charge in [0.25, 0.3) is 0 Å². The van der Waals surface area contributed by atoms with Crippen LogP contribution in [0.25, 0.3) is 0 Å². The summed E-state index contributed by atoms with van der Waals surface area (Å²) in [5, 5.41) is 0. The molecule has 28 heavy (non-hydrogen) atoms. The molecule has 3 aliphatic rings. The molecule has 3 aliphatic heterocycles. The van der Waals surface area contributed by atoms with Crippen molar-refractivity contribution < 1.29 is 14.3 Å². The number of hydrogen-bond acceptors (Lipinski definition) is 4. The van der Waals surface area contributed by atoms with Gasteiger partial charge in [0.05, 0.1) is 19.0 Å². The minimum atomic E-state index is -0.649. The second kappa shape index (κ2) is 6.71. The Hall–Kier alpha value is -2.73. The predicted molar refractivity (Wildman–Crippen MR) is 102 cm³/mol. The van der Waals surface area contributed by atoms with Crippen molar-refractivity contribution in [3.8, 4) is 0 Å². The van der Waals surface area contributed by atoms with Gasteiger partial charge in [0.1, 0.15) is 6.10 Å². The Balaban J connectivity index is 1.32. The second-order valence-electron chi connectivity index (χ2n) is 7.78. The number of aromatic nitrogens is 1. The fourth-order valence-corrected chi connectivity index (χ4v) is 4.91. The number of hydrogen-bond donors (Lipinski definition) is 0. The number of ether oxygens (including phenoxy) is 1. The molecule has 1 aromatic carbocycles. The lowest BCUT2D eigenvalue weighted by atomic mass is 10.1. The zero-order valence-electron chi connectivity index (χ0n) is 15.7. The van der Waals surface area contributed by atoms with Crippen LogP contribution >= 0.6 is 0 Å². The molecule has 0 saturated carbocycles.